The normalized spacial score (nSPS) is 15.9. The average Bonchev–Trinajstić information content (AvgIpc) is 3.25. The highest BCUT2D eigenvalue weighted by Crippen LogP contribution is 2.36. The quantitative estimate of drug-likeness (QED) is 0.661. The van der Waals surface area contributed by atoms with Gasteiger partial charge in [-0.1, -0.05) is 42.5 Å². The highest BCUT2D eigenvalue weighted by Gasteiger charge is 2.39. The smallest absolute Gasteiger partial charge is 0.340 e. The number of carbonyl (C=O) groups excluding carboxylic acids is 2. The van der Waals surface area contributed by atoms with Crippen molar-refractivity contribution in [3.63, 3.8) is 0 Å². The van der Waals surface area contributed by atoms with E-state index < -0.39 is 12.2 Å². The third-order valence-electron chi connectivity index (χ3n) is 4.14. The van der Waals surface area contributed by atoms with Crippen LogP contribution in [0.5, 0.6) is 0 Å². The summed E-state index contributed by atoms with van der Waals surface area (Å²) in [5.41, 5.74) is 1.79. The SMILES string of the molecule is O=C(OC1c2ccccc2C(=O)N1Cc1cccs1)c1ccccc1. The third-order valence-corrected chi connectivity index (χ3v) is 5.00. The molecule has 0 N–H and O–H groups in total. The number of amides is 1. The lowest BCUT2D eigenvalue weighted by Gasteiger charge is -2.24. The van der Waals surface area contributed by atoms with E-state index in [-0.39, 0.29) is 5.91 Å². The molecule has 1 aromatic heterocycles. The van der Waals surface area contributed by atoms with E-state index in [0.29, 0.717) is 17.7 Å². The third kappa shape index (κ3) is 2.94. The van der Waals surface area contributed by atoms with Crippen molar-refractivity contribution in [3.8, 4) is 0 Å². The molecule has 25 heavy (non-hydrogen) atoms. The molecule has 1 amide bonds. The number of carbonyl (C=O) groups is 2. The second kappa shape index (κ2) is 6.53. The summed E-state index contributed by atoms with van der Waals surface area (Å²) < 4.78 is 5.73. The Morgan fingerprint density at radius 3 is 2.52 bits per heavy atom. The Kier molecular flexibility index (Phi) is 4.07. The number of hydrogen-bond acceptors (Lipinski definition) is 4. The zero-order valence-corrected chi connectivity index (χ0v) is 14.1. The van der Waals surface area contributed by atoms with E-state index >= 15 is 0 Å². The zero-order chi connectivity index (χ0) is 17.2. The molecule has 0 aliphatic carbocycles. The number of thiophene rings is 1. The predicted octanol–water partition coefficient (Wildman–Crippen LogP) is 4.26. The fraction of sp³-hybridized carbons (Fsp3) is 0.100. The van der Waals surface area contributed by atoms with Crippen molar-refractivity contribution in [2.45, 2.75) is 12.8 Å². The minimum absolute atomic E-state index is 0.116. The molecule has 3 aromatic rings. The van der Waals surface area contributed by atoms with Gasteiger partial charge in [-0.15, -0.1) is 11.3 Å². The maximum Gasteiger partial charge on any atom is 0.340 e. The first kappa shape index (κ1) is 15.6. The van der Waals surface area contributed by atoms with E-state index in [1.54, 1.807) is 46.6 Å². The van der Waals surface area contributed by atoms with Crippen LogP contribution in [0, 0.1) is 0 Å². The second-order valence-corrected chi connectivity index (χ2v) is 6.76. The summed E-state index contributed by atoms with van der Waals surface area (Å²) in [6.45, 7) is 0.415. The van der Waals surface area contributed by atoms with Crippen molar-refractivity contribution in [3.05, 3.63) is 93.7 Å². The van der Waals surface area contributed by atoms with Gasteiger partial charge in [0.1, 0.15) is 0 Å². The van der Waals surface area contributed by atoms with E-state index in [1.165, 1.54) is 0 Å². The van der Waals surface area contributed by atoms with Gasteiger partial charge >= 0.3 is 5.97 Å². The minimum Gasteiger partial charge on any atom is -0.433 e. The Labute approximate surface area is 149 Å². The number of hydrogen-bond donors (Lipinski definition) is 0. The summed E-state index contributed by atoms with van der Waals surface area (Å²) in [5, 5.41) is 1.97. The molecular weight excluding hydrogens is 334 g/mol. The van der Waals surface area contributed by atoms with Crippen LogP contribution in [0.1, 0.15) is 37.4 Å². The zero-order valence-electron chi connectivity index (χ0n) is 13.3. The molecule has 2 aromatic carbocycles. The number of benzene rings is 2. The molecule has 124 valence electrons. The number of fused-ring (bicyclic) bond motifs is 1. The average molecular weight is 349 g/mol. The lowest BCUT2D eigenvalue weighted by Crippen LogP contribution is -2.30. The first-order valence-corrected chi connectivity index (χ1v) is 8.80. The van der Waals surface area contributed by atoms with Crippen LogP contribution in [0.25, 0.3) is 0 Å². The molecule has 2 heterocycles. The van der Waals surface area contributed by atoms with Crippen LogP contribution in [0.4, 0.5) is 0 Å². The molecule has 0 saturated carbocycles. The number of esters is 1. The molecule has 0 saturated heterocycles. The fourth-order valence-electron chi connectivity index (χ4n) is 2.93. The Morgan fingerprint density at radius 1 is 1.00 bits per heavy atom. The van der Waals surface area contributed by atoms with Gasteiger partial charge in [-0.2, -0.15) is 0 Å². The Balaban J connectivity index is 1.66. The van der Waals surface area contributed by atoms with Crippen molar-refractivity contribution in [1.82, 2.24) is 4.90 Å². The monoisotopic (exact) mass is 349 g/mol. The number of ether oxygens (including phenoxy) is 1. The van der Waals surface area contributed by atoms with Gasteiger partial charge in [0.15, 0.2) is 0 Å². The molecule has 1 unspecified atom stereocenters. The van der Waals surface area contributed by atoms with Gasteiger partial charge in [0.2, 0.25) is 6.23 Å². The van der Waals surface area contributed by atoms with Crippen molar-refractivity contribution < 1.29 is 14.3 Å². The van der Waals surface area contributed by atoms with Crippen molar-refractivity contribution in [2.24, 2.45) is 0 Å². The van der Waals surface area contributed by atoms with Gasteiger partial charge in [0.05, 0.1) is 12.1 Å². The summed E-state index contributed by atoms with van der Waals surface area (Å²) in [6.07, 6.45) is -0.710. The van der Waals surface area contributed by atoms with Crippen LogP contribution in [0.3, 0.4) is 0 Å². The molecule has 4 nitrogen and oxygen atoms in total. The number of nitrogens with zero attached hydrogens (tertiary/aromatic N) is 1. The fourth-order valence-corrected chi connectivity index (χ4v) is 3.63. The van der Waals surface area contributed by atoms with Crippen molar-refractivity contribution in [1.29, 1.82) is 0 Å². The molecule has 0 spiro atoms. The minimum atomic E-state index is -0.710. The summed E-state index contributed by atoms with van der Waals surface area (Å²) in [4.78, 5) is 28.0. The molecule has 1 aliphatic heterocycles. The van der Waals surface area contributed by atoms with Gasteiger partial charge in [-0.05, 0) is 29.6 Å². The van der Waals surface area contributed by atoms with E-state index in [0.717, 1.165) is 10.4 Å². The Hall–Kier alpha value is -2.92. The Bertz CT molecular complexity index is 906. The van der Waals surface area contributed by atoms with Crippen LogP contribution in [0.2, 0.25) is 0 Å². The molecule has 1 aliphatic rings. The maximum atomic E-state index is 12.8. The van der Waals surface area contributed by atoms with Gasteiger partial charge in [0.25, 0.3) is 5.91 Å². The van der Waals surface area contributed by atoms with Crippen LogP contribution in [-0.2, 0) is 11.3 Å². The van der Waals surface area contributed by atoms with Gasteiger partial charge in [-0.3, -0.25) is 9.69 Å². The maximum absolute atomic E-state index is 12.8. The number of rotatable bonds is 4. The van der Waals surface area contributed by atoms with Crippen LogP contribution < -0.4 is 0 Å². The van der Waals surface area contributed by atoms with E-state index in [2.05, 4.69) is 0 Å². The highest BCUT2D eigenvalue weighted by atomic mass is 32.1. The lowest BCUT2D eigenvalue weighted by atomic mass is 10.1. The van der Waals surface area contributed by atoms with Gasteiger partial charge in [-0.25, -0.2) is 4.79 Å². The van der Waals surface area contributed by atoms with Crippen LogP contribution >= 0.6 is 11.3 Å². The first-order chi connectivity index (χ1) is 12.2. The van der Waals surface area contributed by atoms with E-state index in [4.69, 9.17) is 4.74 Å². The van der Waals surface area contributed by atoms with E-state index in [9.17, 15) is 9.59 Å². The van der Waals surface area contributed by atoms with Crippen LogP contribution in [-0.4, -0.2) is 16.8 Å². The molecule has 1 atom stereocenters. The first-order valence-electron chi connectivity index (χ1n) is 7.92. The van der Waals surface area contributed by atoms with Gasteiger partial charge in [0, 0.05) is 16.0 Å². The lowest BCUT2D eigenvalue weighted by molar-refractivity contribution is -0.0208. The molecule has 0 fully saturated rings. The molecular formula is C20H15NO3S. The van der Waals surface area contributed by atoms with Crippen molar-refractivity contribution >= 4 is 23.2 Å². The molecule has 0 bridgehead atoms. The van der Waals surface area contributed by atoms with Gasteiger partial charge < -0.3 is 4.74 Å². The summed E-state index contributed by atoms with van der Waals surface area (Å²) in [5.74, 6) is -0.554. The summed E-state index contributed by atoms with van der Waals surface area (Å²) in [6, 6.07) is 20.0. The molecule has 5 heteroatoms. The summed E-state index contributed by atoms with van der Waals surface area (Å²) in [7, 11) is 0. The standard InChI is InChI=1S/C20H15NO3S/c22-18-16-10-4-5-11-17(16)19(21(18)13-15-9-6-12-25-15)24-20(23)14-7-2-1-3-8-14/h1-12,19H,13H2. The van der Waals surface area contributed by atoms with Crippen molar-refractivity contribution in [2.75, 3.05) is 0 Å². The molecule has 0 radical (unpaired) electrons. The Morgan fingerprint density at radius 2 is 1.76 bits per heavy atom. The van der Waals surface area contributed by atoms with Crippen LogP contribution in [0.15, 0.2) is 72.1 Å². The second-order valence-electron chi connectivity index (χ2n) is 5.72. The highest BCUT2D eigenvalue weighted by molar-refractivity contribution is 7.09. The summed E-state index contributed by atoms with van der Waals surface area (Å²) >= 11 is 1.57. The predicted molar refractivity (Wildman–Crippen MR) is 95.2 cm³/mol. The topological polar surface area (TPSA) is 46.6 Å². The molecule has 4 rings (SSSR count). The van der Waals surface area contributed by atoms with E-state index in [1.807, 2.05) is 41.8 Å². The largest absolute Gasteiger partial charge is 0.433 e.